The predicted molar refractivity (Wildman–Crippen MR) is 145 cm³/mol. The first-order chi connectivity index (χ1) is 20.3. The second-order valence-electron chi connectivity index (χ2n) is 11.3. The van der Waals surface area contributed by atoms with Crippen molar-refractivity contribution >= 4 is 34.1 Å². The maximum atomic E-state index is 16.4. The number of benzene rings is 1. The van der Waals surface area contributed by atoms with Crippen molar-refractivity contribution in [3.8, 4) is 17.3 Å². The number of hydrogen-bond donors (Lipinski definition) is 2. The molecule has 3 fully saturated rings. The highest BCUT2D eigenvalue weighted by molar-refractivity contribution is 6.34. The number of likely N-dealkylation sites (N-methyl/N-ethyl adjacent to an activating group) is 1. The normalized spacial score (nSPS) is 24.5. The molecule has 5 heterocycles. The Morgan fingerprint density at radius 2 is 1.95 bits per heavy atom. The first-order valence-corrected chi connectivity index (χ1v) is 14.0. The number of aromatic nitrogens is 3. The summed E-state index contributed by atoms with van der Waals surface area (Å²) in [6.07, 6.45) is -5.53. The van der Waals surface area contributed by atoms with Gasteiger partial charge in [-0.25, -0.2) is 22.5 Å². The molecule has 16 heteroatoms. The van der Waals surface area contributed by atoms with Crippen molar-refractivity contribution in [2.24, 2.45) is 0 Å². The van der Waals surface area contributed by atoms with E-state index < -0.39 is 63.0 Å². The summed E-state index contributed by atoms with van der Waals surface area (Å²) in [4.78, 5) is 15.9. The van der Waals surface area contributed by atoms with Gasteiger partial charge < -0.3 is 25.6 Å². The molecule has 8 nitrogen and oxygen atoms in total. The second kappa shape index (κ2) is 10.8. The van der Waals surface area contributed by atoms with Crippen LogP contribution in [0, 0.1) is 11.6 Å². The van der Waals surface area contributed by atoms with Crippen molar-refractivity contribution in [1.29, 1.82) is 0 Å². The van der Waals surface area contributed by atoms with Crippen LogP contribution in [0.4, 0.5) is 42.4 Å². The van der Waals surface area contributed by atoms with E-state index in [2.05, 4.69) is 25.2 Å². The predicted octanol–water partition coefficient (Wildman–Crippen LogP) is 5.27. The number of nitrogen functional groups attached to an aromatic ring is 1. The first-order valence-electron chi connectivity index (χ1n) is 13.6. The van der Waals surface area contributed by atoms with Crippen LogP contribution in [0.25, 0.3) is 22.2 Å². The van der Waals surface area contributed by atoms with E-state index in [0.717, 1.165) is 25.5 Å². The Balaban J connectivity index is 1.53. The molecule has 0 spiro atoms. The zero-order valence-electron chi connectivity index (χ0n) is 22.8. The van der Waals surface area contributed by atoms with Gasteiger partial charge in [0, 0.05) is 36.6 Å². The molecule has 0 radical (unpaired) electrons. The van der Waals surface area contributed by atoms with Gasteiger partial charge in [0.05, 0.1) is 21.8 Å². The molecule has 1 aromatic carbocycles. The number of fused-ring (bicyclic) bond motifs is 3. The summed E-state index contributed by atoms with van der Waals surface area (Å²) in [6.45, 7) is 1.04. The Kier molecular flexibility index (Phi) is 7.48. The quantitative estimate of drug-likeness (QED) is 0.355. The Morgan fingerprint density at radius 1 is 1.19 bits per heavy atom. The SMILES string of the molecule is CN1CCCC1COc1nc(N2CC3CCC(C(F)F)(C2)N3)c2cc(Cl)c(-c3nc(N)cc(F)c3C(F)(F)F)c(F)c2n1. The van der Waals surface area contributed by atoms with Gasteiger partial charge in [0.1, 0.15) is 35.1 Å². The van der Waals surface area contributed by atoms with Crippen molar-refractivity contribution in [3.63, 3.8) is 0 Å². The standard InChI is InChI=1S/C27H27ClF7N7O/c1-41-6-2-3-13(41)10-43-25-38-21-14(23(39-25)42-9-12-4-5-26(11-42,40-12)24(31)32)7-15(28)18(20(21)30)22-19(27(33,34)35)16(29)8-17(36)37-22/h7-8,12-13,24,40H,2-6,9-11H2,1H3,(H2,36,37). The number of likely N-dealkylation sites (tertiary alicyclic amines) is 1. The van der Waals surface area contributed by atoms with Gasteiger partial charge in [0.15, 0.2) is 5.82 Å². The third-order valence-electron chi connectivity index (χ3n) is 8.49. The zero-order chi connectivity index (χ0) is 30.8. The fourth-order valence-electron chi connectivity index (χ4n) is 6.34. The highest BCUT2D eigenvalue weighted by Crippen LogP contribution is 2.45. The van der Waals surface area contributed by atoms with E-state index in [1.807, 2.05) is 7.05 Å². The van der Waals surface area contributed by atoms with Gasteiger partial charge in [-0.05, 0) is 45.3 Å². The molecule has 6 rings (SSSR count). The lowest BCUT2D eigenvalue weighted by molar-refractivity contribution is -0.139. The molecule has 2 bridgehead atoms. The van der Waals surface area contributed by atoms with Crippen LogP contribution in [-0.4, -0.2) is 77.2 Å². The molecule has 3 saturated heterocycles. The summed E-state index contributed by atoms with van der Waals surface area (Å²) < 4.78 is 107. The smallest absolute Gasteiger partial charge is 0.421 e. The Bertz CT molecular complexity index is 1580. The molecule has 3 unspecified atom stereocenters. The lowest BCUT2D eigenvalue weighted by Crippen LogP contribution is -2.63. The molecule has 3 aliphatic rings. The third kappa shape index (κ3) is 5.29. The van der Waals surface area contributed by atoms with Crippen LogP contribution < -0.4 is 20.7 Å². The minimum Gasteiger partial charge on any atom is -0.462 e. The van der Waals surface area contributed by atoms with Crippen LogP contribution in [0.3, 0.4) is 0 Å². The van der Waals surface area contributed by atoms with E-state index in [9.17, 15) is 26.3 Å². The largest absolute Gasteiger partial charge is 0.462 e. The van der Waals surface area contributed by atoms with Crippen molar-refractivity contribution in [2.75, 3.05) is 43.9 Å². The number of alkyl halides is 5. The van der Waals surface area contributed by atoms with Crippen molar-refractivity contribution in [2.45, 2.75) is 55.9 Å². The van der Waals surface area contributed by atoms with E-state index in [4.69, 9.17) is 22.1 Å². The molecule has 3 aromatic rings. The Labute approximate surface area is 246 Å². The number of nitrogens with one attached hydrogen (secondary N) is 1. The Hall–Kier alpha value is -3.17. The van der Waals surface area contributed by atoms with Gasteiger partial charge in [0.25, 0.3) is 6.43 Å². The number of hydrogen-bond acceptors (Lipinski definition) is 8. The highest BCUT2D eigenvalue weighted by atomic mass is 35.5. The third-order valence-corrected chi connectivity index (χ3v) is 8.79. The summed E-state index contributed by atoms with van der Waals surface area (Å²) >= 11 is 6.38. The van der Waals surface area contributed by atoms with Gasteiger partial charge >= 0.3 is 12.2 Å². The summed E-state index contributed by atoms with van der Waals surface area (Å²) in [6, 6.07) is 0.913. The molecule has 3 atom stereocenters. The highest BCUT2D eigenvalue weighted by Gasteiger charge is 2.51. The van der Waals surface area contributed by atoms with Gasteiger partial charge in [-0.3, -0.25) is 0 Å². The maximum Gasteiger partial charge on any atom is 0.421 e. The fraction of sp³-hybridized carbons (Fsp3) is 0.519. The summed E-state index contributed by atoms with van der Waals surface area (Å²) in [5.74, 6) is -3.70. The van der Waals surface area contributed by atoms with Crippen molar-refractivity contribution < 1.29 is 35.5 Å². The lowest BCUT2D eigenvalue weighted by Gasteiger charge is -2.41. The topological polar surface area (TPSA) is 92.4 Å². The maximum absolute atomic E-state index is 16.4. The Morgan fingerprint density at radius 3 is 2.63 bits per heavy atom. The molecular weight excluding hydrogens is 607 g/mol. The minimum absolute atomic E-state index is 0.0133. The number of piperazine rings is 1. The van der Waals surface area contributed by atoms with E-state index in [1.165, 1.54) is 0 Å². The molecule has 0 aliphatic carbocycles. The van der Waals surface area contributed by atoms with Crippen LogP contribution in [0.15, 0.2) is 12.1 Å². The number of nitrogens with zero attached hydrogens (tertiary/aromatic N) is 5. The second-order valence-corrected chi connectivity index (χ2v) is 11.7. The van der Waals surface area contributed by atoms with E-state index in [-0.39, 0.29) is 55.4 Å². The van der Waals surface area contributed by atoms with Crippen LogP contribution in [0.5, 0.6) is 6.01 Å². The van der Waals surface area contributed by atoms with Gasteiger partial charge in [-0.1, -0.05) is 11.6 Å². The molecule has 2 aromatic heterocycles. The minimum atomic E-state index is -5.27. The molecule has 0 saturated carbocycles. The molecule has 232 valence electrons. The summed E-state index contributed by atoms with van der Waals surface area (Å²) in [5.41, 5.74) is -0.355. The van der Waals surface area contributed by atoms with Crippen LogP contribution in [0.2, 0.25) is 5.02 Å². The number of halogens is 8. The molecule has 43 heavy (non-hydrogen) atoms. The average Bonchev–Trinajstić information content (AvgIpc) is 3.47. The first kappa shape index (κ1) is 29.9. The lowest BCUT2D eigenvalue weighted by atomic mass is 9.97. The van der Waals surface area contributed by atoms with E-state index >= 15 is 4.39 Å². The molecule has 0 amide bonds. The average molecular weight is 634 g/mol. The zero-order valence-corrected chi connectivity index (χ0v) is 23.5. The van der Waals surface area contributed by atoms with E-state index in [0.29, 0.717) is 12.5 Å². The summed E-state index contributed by atoms with van der Waals surface area (Å²) in [5, 5.41) is 2.39. The van der Waals surface area contributed by atoms with Crippen LogP contribution in [-0.2, 0) is 6.18 Å². The number of rotatable bonds is 6. The van der Waals surface area contributed by atoms with Gasteiger partial charge in [-0.2, -0.15) is 23.1 Å². The molecular formula is C27H27ClF7N7O. The van der Waals surface area contributed by atoms with E-state index in [1.54, 1.807) is 4.90 Å². The number of nitrogens with two attached hydrogens (primary N) is 1. The van der Waals surface area contributed by atoms with Gasteiger partial charge in [-0.15, -0.1) is 0 Å². The van der Waals surface area contributed by atoms with Gasteiger partial charge in [0.2, 0.25) is 0 Å². The fourth-order valence-corrected chi connectivity index (χ4v) is 6.63. The summed E-state index contributed by atoms with van der Waals surface area (Å²) in [7, 11) is 1.91. The monoisotopic (exact) mass is 633 g/mol. The number of anilines is 2. The van der Waals surface area contributed by atoms with Crippen molar-refractivity contribution in [1.82, 2.24) is 25.2 Å². The van der Waals surface area contributed by atoms with Crippen molar-refractivity contribution in [3.05, 3.63) is 34.4 Å². The molecule has 3 N–H and O–H groups in total. The molecule has 3 aliphatic heterocycles. The number of pyridine rings is 1. The van der Waals surface area contributed by atoms with Crippen LogP contribution in [0.1, 0.15) is 31.2 Å². The van der Waals surface area contributed by atoms with Crippen LogP contribution >= 0.6 is 11.6 Å². The number of ether oxygens (including phenoxy) is 1.